The molecule has 6 nitrogen and oxygen atoms in total. The second-order valence-corrected chi connectivity index (χ2v) is 6.99. The van der Waals surface area contributed by atoms with Crippen molar-refractivity contribution in [2.45, 2.75) is 58.5 Å². The van der Waals surface area contributed by atoms with Gasteiger partial charge in [0.05, 0.1) is 11.4 Å². The van der Waals surface area contributed by atoms with Crippen molar-refractivity contribution in [1.82, 2.24) is 20.0 Å². The van der Waals surface area contributed by atoms with Crippen LogP contribution in [-0.4, -0.2) is 26.7 Å². The van der Waals surface area contributed by atoms with Crippen molar-refractivity contribution in [3.63, 3.8) is 0 Å². The molecule has 0 radical (unpaired) electrons. The summed E-state index contributed by atoms with van der Waals surface area (Å²) in [6.07, 6.45) is 3.86. The van der Waals surface area contributed by atoms with Crippen LogP contribution in [0.25, 0.3) is 0 Å². The van der Waals surface area contributed by atoms with E-state index in [-0.39, 0.29) is 23.1 Å². The van der Waals surface area contributed by atoms with Crippen LogP contribution in [-0.2, 0) is 18.4 Å². The molecule has 1 aliphatic rings. The lowest BCUT2D eigenvalue weighted by atomic mass is 9.93. The quantitative estimate of drug-likeness (QED) is 0.923. The maximum Gasteiger partial charge on any atom is 0.290 e. The Kier molecular flexibility index (Phi) is 3.54. The van der Waals surface area contributed by atoms with Crippen LogP contribution in [0.2, 0.25) is 0 Å². The van der Waals surface area contributed by atoms with Crippen molar-refractivity contribution in [2.75, 3.05) is 0 Å². The summed E-state index contributed by atoms with van der Waals surface area (Å²) in [5.41, 5.74) is 1.85. The van der Waals surface area contributed by atoms with Gasteiger partial charge in [0.1, 0.15) is 5.82 Å². The standard InChI is InChI=1S/C16H22N4O2/c1-10-7-12(22-19-10)15(21)17-11-5-6-14-18-13(16(2,3)4)9-20(14)8-11/h7,9,11H,5-6,8H2,1-4H3,(H,17,21)/t11-/m1/s1. The van der Waals surface area contributed by atoms with E-state index >= 15 is 0 Å². The zero-order valence-corrected chi connectivity index (χ0v) is 13.5. The number of aromatic nitrogens is 3. The molecule has 22 heavy (non-hydrogen) atoms. The normalized spacial score (nSPS) is 18.1. The maximum absolute atomic E-state index is 12.1. The van der Waals surface area contributed by atoms with Gasteiger partial charge < -0.3 is 14.4 Å². The Bertz CT molecular complexity index is 693. The highest BCUT2D eigenvalue weighted by Crippen LogP contribution is 2.24. The lowest BCUT2D eigenvalue weighted by Crippen LogP contribution is -2.40. The van der Waals surface area contributed by atoms with Gasteiger partial charge >= 0.3 is 0 Å². The highest BCUT2D eigenvalue weighted by molar-refractivity contribution is 5.91. The molecule has 1 amide bonds. The van der Waals surface area contributed by atoms with Gasteiger partial charge in [0.25, 0.3) is 5.91 Å². The molecule has 0 aliphatic carbocycles. The number of carbonyl (C=O) groups excluding carboxylic acids is 1. The van der Waals surface area contributed by atoms with Crippen LogP contribution in [0.15, 0.2) is 16.8 Å². The largest absolute Gasteiger partial charge is 0.351 e. The number of imidazole rings is 1. The van der Waals surface area contributed by atoms with E-state index in [2.05, 4.69) is 42.0 Å². The fourth-order valence-corrected chi connectivity index (χ4v) is 2.65. The summed E-state index contributed by atoms with van der Waals surface area (Å²) in [5, 5.41) is 6.76. The second kappa shape index (κ2) is 5.26. The Labute approximate surface area is 129 Å². The number of carbonyl (C=O) groups is 1. The average molecular weight is 302 g/mol. The first-order chi connectivity index (χ1) is 10.3. The fraction of sp³-hybridized carbons (Fsp3) is 0.562. The Morgan fingerprint density at radius 2 is 2.23 bits per heavy atom. The molecule has 1 N–H and O–H groups in total. The van der Waals surface area contributed by atoms with Gasteiger partial charge in [0.15, 0.2) is 0 Å². The molecule has 2 aromatic heterocycles. The molecule has 1 atom stereocenters. The molecule has 0 aromatic carbocycles. The molecule has 3 heterocycles. The number of aryl methyl sites for hydroxylation is 2. The monoisotopic (exact) mass is 302 g/mol. The third-order valence-electron chi connectivity index (χ3n) is 3.95. The molecule has 6 heteroatoms. The van der Waals surface area contributed by atoms with Crippen molar-refractivity contribution in [3.8, 4) is 0 Å². The first kappa shape index (κ1) is 14.8. The van der Waals surface area contributed by atoms with Crippen LogP contribution in [0, 0.1) is 6.92 Å². The Balaban J connectivity index is 1.69. The van der Waals surface area contributed by atoms with Crippen molar-refractivity contribution in [1.29, 1.82) is 0 Å². The number of amides is 1. The molecular formula is C16H22N4O2. The van der Waals surface area contributed by atoms with Gasteiger partial charge in [0, 0.05) is 36.7 Å². The molecule has 1 aliphatic heterocycles. The van der Waals surface area contributed by atoms with E-state index in [0.717, 1.165) is 30.9 Å². The van der Waals surface area contributed by atoms with Crippen molar-refractivity contribution >= 4 is 5.91 Å². The maximum atomic E-state index is 12.1. The van der Waals surface area contributed by atoms with E-state index in [9.17, 15) is 4.79 Å². The summed E-state index contributed by atoms with van der Waals surface area (Å²) in [6.45, 7) is 9.02. The lowest BCUT2D eigenvalue weighted by Gasteiger charge is -2.24. The fourth-order valence-electron chi connectivity index (χ4n) is 2.65. The van der Waals surface area contributed by atoms with E-state index in [4.69, 9.17) is 9.51 Å². The molecule has 0 saturated heterocycles. The van der Waals surface area contributed by atoms with Crippen LogP contribution >= 0.6 is 0 Å². The van der Waals surface area contributed by atoms with Crippen LogP contribution in [0.3, 0.4) is 0 Å². The first-order valence-corrected chi connectivity index (χ1v) is 7.63. The summed E-state index contributed by atoms with van der Waals surface area (Å²) in [6, 6.07) is 1.74. The number of nitrogens with zero attached hydrogens (tertiary/aromatic N) is 3. The van der Waals surface area contributed by atoms with Gasteiger partial charge in [-0.1, -0.05) is 25.9 Å². The Morgan fingerprint density at radius 1 is 1.45 bits per heavy atom. The van der Waals surface area contributed by atoms with Gasteiger partial charge in [0.2, 0.25) is 5.76 Å². The van der Waals surface area contributed by atoms with Crippen molar-refractivity contribution in [3.05, 3.63) is 35.2 Å². The third-order valence-corrected chi connectivity index (χ3v) is 3.95. The molecule has 0 fully saturated rings. The topological polar surface area (TPSA) is 73.0 Å². The number of nitrogens with one attached hydrogen (secondary N) is 1. The minimum Gasteiger partial charge on any atom is -0.351 e. The van der Waals surface area contributed by atoms with Gasteiger partial charge in [-0.15, -0.1) is 0 Å². The summed E-state index contributed by atoms with van der Waals surface area (Å²) < 4.78 is 7.16. The van der Waals surface area contributed by atoms with Crippen LogP contribution < -0.4 is 5.32 Å². The van der Waals surface area contributed by atoms with Gasteiger partial charge in [-0.2, -0.15) is 0 Å². The van der Waals surface area contributed by atoms with Crippen LogP contribution in [0.4, 0.5) is 0 Å². The summed E-state index contributed by atoms with van der Waals surface area (Å²) >= 11 is 0. The van der Waals surface area contributed by atoms with Gasteiger partial charge in [-0.25, -0.2) is 4.98 Å². The van der Waals surface area contributed by atoms with Crippen LogP contribution in [0.5, 0.6) is 0 Å². The minimum absolute atomic E-state index is 0.0421. The SMILES string of the molecule is Cc1cc(C(=O)N[C@@H]2CCc3nc(C(C)(C)C)cn3C2)on1. The molecular weight excluding hydrogens is 280 g/mol. The van der Waals surface area contributed by atoms with E-state index < -0.39 is 0 Å². The number of fused-ring (bicyclic) bond motifs is 1. The van der Waals surface area contributed by atoms with E-state index in [0.29, 0.717) is 5.69 Å². The van der Waals surface area contributed by atoms with E-state index in [1.165, 1.54) is 0 Å². The molecule has 3 rings (SSSR count). The Morgan fingerprint density at radius 3 is 2.86 bits per heavy atom. The highest BCUT2D eigenvalue weighted by atomic mass is 16.5. The van der Waals surface area contributed by atoms with E-state index in [1.54, 1.807) is 13.0 Å². The zero-order chi connectivity index (χ0) is 15.9. The molecule has 118 valence electrons. The smallest absolute Gasteiger partial charge is 0.290 e. The number of hydrogen-bond acceptors (Lipinski definition) is 4. The van der Waals surface area contributed by atoms with E-state index in [1.807, 2.05) is 0 Å². The lowest BCUT2D eigenvalue weighted by molar-refractivity contribution is 0.0890. The molecule has 0 bridgehead atoms. The molecule has 0 unspecified atom stereocenters. The summed E-state index contributed by atoms with van der Waals surface area (Å²) in [7, 11) is 0. The molecule has 0 spiro atoms. The minimum atomic E-state index is -0.204. The van der Waals surface area contributed by atoms with Crippen molar-refractivity contribution < 1.29 is 9.32 Å². The Hall–Kier alpha value is -2.11. The van der Waals surface area contributed by atoms with Gasteiger partial charge in [-0.3, -0.25) is 4.79 Å². The highest BCUT2D eigenvalue weighted by Gasteiger charge is 2.26. The van der Waals surface area contributed by atoms with Crippen LogP contribution in [0.1, 0.15) is 55.0 Å². The third kappa shape index (κ3) is 2.91. The summed E-state index contributed by atoms with van der Waals surface area (Å²) in [5.74, 6) is 1.17. The zero-order valence-electron chi connectivity index (χ0n) is 13.5. The van der Waals surface area contributed by atoms with Gasteiger partial charge in [-0.05, 0) is 13.3 Å². The van der Waals surface area contributed by atoms with Crippen molar-refractivity contribution in [2.24, 2.45) is 0 Å². The average Bonchev–Trinajstić information content (AvgIpc) is 3.03. The molecule has 2 aromatic rings. The second-order valence-electron chi connectivity index (χ2n) is 6.99. The summed E-state index contributed by atoms with van der Waals surface area (Å²) in [4.78, 5) is 16.9. The predicted molar refractivity (Wildman–Crippen MR) is 81.7 cm³/mol. The first-order valence-electron chi connectivity index (χ1n) is 7.63. The molecule has 0 saturated carbocycles. The number of hydrogen-bond donors (Lipinski definition) is 1. The number of rotatable bonds is 2. The predicted octanol–water partition coefficient (Wildman–Crippen LogP) is 2.22.